The first-order valence-electron chi connectivity index (χ1n) is 9.64. The summed E-state index contributed by atoms with van der Waals surface area (Å²) < 4.78 is 1.77. The number of amides is 1. The summed E-state index contributed by atoms with van der Waals surface area (Å²) in [5.41, 5.74) is 1.07. The third-order valence-corrected chi connectivity index (χ3v) is 5.45. The largest absolute Gasteiger partial charge is 0.367 e. The van der Waals surface area contributed by atoms with E-state index < -0.39 is 0 Å². The SMILES string of the molecule is CC(C)Nc1nc(SC(C)C)nc2c1cnn2CCNC(=O)c1cc(Cl)ccc1Cl. The second kappa shape index (κ2) is 9.85. The standard InChI is InChI=1S/C20H24Cl2N6OS/c1-11(2)25-17-15-10-24-28(18(15)27-20(26-17)30-12(3)4)8-7-23-19(29)14-9-13(21)5-6-16(14)22/h5-6,9-12H,7-8H2,1-4H3,(H,23,29)(H,25,26,27). The van der Waals surface area contributed by atoms with E-state index in [0.717, 1.165) is 16.9 Å². The molecule has 2 aromatic heterocycles. The molecule has 0 aliphatic carbocycles. The number of benzene rings is 1. The summed E-state index contributed by atoms with van der Waals surface area (Å²) in [4.78, 5) is 21.8. The van der Waals surface area contributed by atoms with Crippen LogP contribution in [0.3, 0.4) is 0 Å². The zero-order valence-electron chi connectivity index (χ0n) is 17.2. The molecule has 0 fully saturated rings. The molecule has 0 spiro atoms. The molecule has 2 heterocycles. The van der Waals surface area contributed by atoms with Crippen molar-refractivity contribution < 1.29 is 4.79 Å². The number of aromatic nitrogens is 4. The van der Waals surface area contributed by atoms with Crippen LogP contribution in [0.15, 0.2) is 29.6 Å². The number of halogens is 2. The summed E-state index contributed by atoms with van der Waals surface area (Å²) in [6.07, 6.45) is 1.75. The fourth-order valence-electron chi connectivity index (χ4n) is 2.79. The van der Waals surface area contributed by atoms with Crippen molar-refractivity contribution in [1.29, 1.82) is 0 Å². The predicted octanol–water partition coefficient (Wildman–Crippen LogP) is 4.88. The lowest BCUT2D eigenvalue weighted by atomic mass is 10.2. The molecule has 0 saturated carbocycles. The Morgan fingerprint density at radius 3 is 2.67 bits per heavy atom. The topological polar surface area (TPSA) is 84.7 Å². The van der Waals surface area contributed by atoms with Crippen molar-refractivity contribution in [2.24, 2.45) is 0 Å². The number of thioether (sulfide) groups is 1. The van der Waals surface area contributed by atoms with E-state index in [9.17, 15) is 4.79 Å². The van der Waals surface area contributed by atoms with Gasteiger partial charge < -0.3 is 10.6 Å². The molecule has 3 aromatic rings. The Morgan fingerprint density at radius 1 is 1.20 bits per heavy atom. The van der Waals surface area contributed by atoms with Gasteiger partial charge in [0.15, 0.2) is 10.8 Å². The van der Waals surface area contributed by atoms with Gasteiger partial charge in [-0.1, -0.05) is 48.8 Å². The first kappa shape index (κ1) is 22.7. The minimum Gasteiger partial charge on any atom is -0.367 e. The summed E-state index contributed by atoms with van der Waals surface area (Å²) >= 11 is 13.7. The summed E-state index contributed by atoms with van der Waals surface area (Å²) in [6, 6.07) is 5.03. The molecule has 0 radical (unpaired) electrons. The molecule has 0 aliphatic heterocycles. The van der Waals surface area contributed by atoms with E-state index >= 15 is 0 Å². The monoisotopic (exact) mass is 466 g/mol. The molecule has 0 saturated heterocycles. The molecule has 0 atom stereocenters. The number of fused-ring (bicyclic) bond motifs is 1. The lowest BCUT2D eigenvalue weighted by Gasteiger charge is -2.13. The Morgan fingerprint density at radius 2 is 1.97 bits per heavy atom. The Bertz CT molecular complexity index is 1050. The number of nitrogens with zero attached hydrogens (tertiary/aromatic N) is 4. The zero-order valence-corrected chi connectivity index (χ0v) is 19.6. The normalized spacial score (nSPS) is 11.5. The lowest BCUT2D eigenvalue weighted by Crippen LogP contribution is -2.27. The quantitative estimate of drug-likeness (QED) is 0.363. The van der Waals surface area contributed by atoms with Crippen molar-refractivity contribution >= 4 is 57.7 Å². The third kappa shape index (κ3) is 5.56. The number of rotatable bonds is 8. The maximum atomic E-state index is 12.4. The van der Waals surface area contributed by atoms with E-state index in [1.54, 1.807) is 40.8 Å². The fraction of sp³-hybridized carbons (Fsp3) is 0.400. The lowest BCUT2D eigenvalue weighted by molar-refractivity contribution is 0.0952. The Labute approximate surface area is 189 Å². The van der Waals surface area contributed by atoms with E-state index in [0.29, 0.717) is 39.1 Å². The van der Waals surface area contributed by atoms with Gasteiger partial charge in [0.1, 0.15) is 5.82 Å². The maximum absolute atomic E-state index is 12.4. The van der Waals surface area contributed by atoms with Gasteiger partial charge in [-0.2, -0.15) is 5.10 Å². The van der Waals surface area contributed by atoms with Crippen LogP contribution in [0.1, 0.15) is 38.1 Å². The Kier molecular flexibility index (Phi) is 7.44. The van der Waals surface area contributed by atoms with E-state index in [1.807, 2.05) is 0 Å². The molecule has 160 valence electrons. The molecule has 3 rings (SSSR count). The van der Waals surface area contributed by atoms with Crippen LogP contribution in [0.25, 0.3) is 11.0 Å². The van der Waals surface area contributed by atoms with Gasteiger partial charge in [-0.05, 0) is 32.0 Å². The highest BCUT2D eigenvalue weighted by molar-refractivity contribution is 7.99. The molecule has 10 heteroatoms. The van der Waals surface area contributed by atoms with Crippen molar-refractivity contribution in [2.75, 3.05) is 11.9 Å². The maximum Gasteiger partial charge on any atom is 0.252 e. The van der Waals surface area contributed by atoms with Crippen molar-refractivity contribution in [3.05, 3.63) is 40.0 Å². The summed E-state index contributed by atoms with van der Waals surface area (Å²) in [5, 5.41) is 13.4. The van der Waals surface area contributed by atoms with Crippen molar-refractivity contribution in [3.63, 3.8) is 0 Å². The molecular weight excluding hydrogens is 443 g/mol. The minimum absolute atomic E-state index is 0.227. The van der Waals surface area contributed by atoms with Gasteiger partial charge in [-0.25, -0.2) is 14.6 Å². The first-order chi connectivity index (χ1) is 14.2. The van der Waals surface area contributed by atoms with Crippen LogP contribution in [0, 0.1) is 0 Å². The highest BCUT2D eigenvalue weighted by Crippen LogP contribution is 2.27. The predicted molar refractivity (Wildman–Crippen MR) is 124 cm³/mol. The first-order valence-corrected chi connectivity index (χ1v) is 11.3. The van der Waals surface area contributed by atoms with Crippen molar-refractivity contribution in [3.8, 4) is 0 Å². The second-order valence-corrected chi connectivity index (χ2v) is 9.69. The van der Waals surface area contributed by atoms with Crippen LogP contribution in [0.5, 0.6) is 0 Å². The number of anilines is 1. The number of carbonyl (C=O) groups excluding carboxylic acids is 1. The summed E-state index contributed by atoms with van der Waals surface area (Å²) in [5.74, 6) is 0.478. The van der Waals surface area contributed by atoms with Crippen molar-refractivity contribution in [2.45, 2.75) is 50.7 Å². The van der Waals surface area contributed by atoms with Gasteiger partial charge in [0.25, 0.3) is 5.91 Å². The Balaban J connectivity index is 1.78. The smallest absolute Gasteiger partial charge is 0.252 e. The second-order valence-electron chi connectivity index (χ2n) is 7.31. The molecule has 1 aromatic carbocycles. The van der Waals surface area contributed by atoms with Gasteiger partial charge in [0.2, 0.25) is 0 Å². The molecule has 0 aliphatic rings. The molecular formula is C20H24Cl2N6OS. The number of nitrogens with one attached hydrogen (secondary N) is 2. The average Bonchev–Trinajstić information content (AvgIpc) is 3.06. The van der Waals surface area contributed by atoms with Gasteiger partial charge in [0.05, 0.1) is 28.7 Å². The van der Waals surface area contributed by atoms with Crippen LogP contribution >= 0.6 is 35.0 Å². The fourth-order valence-corrected chi connectivity index (χ4v) is 3.87. The van der Waals surface area contributed by atoms with Crippen molar-refractivity contribution in [1.82, 2.24) is 25.1 Å². The van der Waals surface area contributed by atoms with Gasteiger partial charge in [-0.15, -0.1) is 0 Å². The van der Waals surface area contributed by atoms with Crippen LogP contribution in [0.4, 0.5) is 5.82 Å². The van der Waals surface area contributed by atoms with E-state index in [-0.39, 0.29) is 11.9 Å². The molecule has 2 N–H and O–H groups in total. The molecule has 0 bridgehead atoms. The Hall–Kier alpha value is -2.03. The molecule has 0 unspecified atom stereocenters. The third-order valence-electron chi connectivity index (χ3n) is 4.02. The average molecular weight is 467 g/mol. The van der Waals surface area contributed by atoms with E-state index in [4.69, 9.17) is 23.2 Å². The van der Waals surface area contributed by atoms with Crippen LogP contribution < -0.4 is 10.6 Å². The minimum atomic E-state index is -0.285. The van der Waals surface area contributed by atoms with Crippen LogP contribution in [0.2, 0.25) is 10.0 Å². The zero-order chi connectivity index (χ0) is 21.8. The molecule has 1 amide bonds. The number of hydrogen-bond donors (Lipinski definition) is 2. The van der Waals surface area contributed by atoms with E-state index in [2.05, 4.69) is 53.4 Å². The highest BCUT2D eigenvalue weighted by atomic mass is 35.5. The summed E-state index contributed by atoms with van der Waals surface area (Å²) in [7, 11) is 0. The number of carbonyl (C=O) groups is 1. The van der Waals surface area contributed by atoms with Crippen LogP contribution in [-0.2, 0) is 6.54 Å². The van der Waals surface area contributed by atoms with Crippen LogP contribution in [-0.4, -0.2) is 43.5 Å². The summed E-state index contributed by atoms with van der Waals surface area (Å²) in [6.45, 7) is 9.14. The number of hydrogen-bond acceptors (Lipinski definition) is 6. The van der Waals surface area contributed by atoms with Gasteiger partial charge in [0, 0.05) is 22.9 Å². The van der Waals surface area contributed by atoms with Gasteiger partial charge in [-0.3, -0.25) is 4.79 Å². The highest BCUT2D eigenvalue weighted by Gasteiger charge is 2.16. The molecule has 7 nitrogen and oxygen atoms in total. The molecule has 30 heavy (non-hydrogen) atoms. The van der Waals surface area contributed by atoms with Gasteiger partial charge >= 0.3 is 0 Å². The van der Waals surface area contributed by atoms with E-state index in [1.165, 1.54) is 0 Å².